The second kappa shape index (κ2) is 9.79. The van der Waals surface area contributed by atoms with Crippen molar-refractivity contribution in [1.82, 2.24) is 10.6 Å². The van der Waals surface area contributed by atoms with E-state index >= 15 is 0 Å². The summed E-state index contributed by atoms with van der Waals surface area (Å²) in [5.74, 6) is -2.94. The minimum absolute atomic E-state index is 0.0108. The van der Waals surface area contributed by atoms with Crippen LogP contribution in [0.5, 0.6) is 0 Å². The zero-order valence-corrected chi connectivity index (χ0v) is 16.5. The van der Waals surface area contributed by atoms with Gasteiger partial charge in [-0.3, -0.25) is 24.5 Å². The third-order valence-corrected chi connectivity index (χ3v) is 4.94. The summed E-state index contributed by atoms with van der Waals surface area (Å²) in [5.41, 5.74) is 0.481. The number of amides is 3. The van der Waals surface area contributed by atoms with Crippen molar-refractivity contribution in [2.75, 3.05) is 24.5 Å². The third kappa shape index (κ3) is 5.62. The standard InChI is InChI=1S/C21H21FN4O5/c22-17-7-6-16(11-18(17)26(30)31)25-13-15(10-20(25)28)21(29)24-12-19(27)23-9-8-14-4-2-1-3-5-14/h1-7,11,15H,8-10,12-13H2,(H,23,27)(H,24,29). The van der Waals surface area contributed by atoms with Crippen molar-refractivity contribution in [3.8, 4) is 0 Å². The van der Waals surface area contributed by atoms with E-state index in [1.807, 2.05) is 30.3 Å². The third-order valence-electron chi connectivity index (χ3n) is 4.94. The Bertz CT molecular complexity index is 999. The molecule has 2 aromatic carbocycles. The monoisotopic (exact) mass is 428 g/mol. The summed E-state index contributed by atoms with van der Waals surface area (Å²) < 4.78 is 13.5. The molecule has 1 heterocycles. The maximum absolute atomic E-state index is 13.5. The molecule has 1 unspecified atom stereocenters. The number of hydrogen-bond acceptors (Lipinski definition) is 5. The summed E-state index contributed by atoms with van der Waals surface area (Å²) in [5, 5.41) is 16.1. The first-order valence-electron chi connectivity index (χ1n) is 9.68. The van der Waals surface area contributed by atoms with E-state index in [1.54, 1.807) is 0 Å². The highest BCUT2D eigenvalue weighted by molar-refractivity contribution is 6.01. The van der Waals surface area contributed by atoms with Gasteiger partial charge in [-0.05, 0) is 24.1 Å². The molecule has 162 valence electrons. The molecule has 1 saturated heterocycles. The van der Waals surface area contributed by atoms with E-state index in [0.717, 1.165) is 17.7 Å². The van der Waals surface area contributed by atoms with Crippen molar-refractivity contribution in [2.24, 2.45) is 5.92 Å². The summed E-state index contributed by atoms with van der Waals surface area (Å²) in [6.07, 6.45) is 0.559. The van der Waals surface area contributed by atoms with Gasteiger partial charge in [-0.2, -0.15) is 4.39 Å². The number of carbonyl (C=O) groups excluding carboxylic acids is 3. The van der Waals surface area contributed by atoms with Gasteiger partial charge in [0, 0.05) is 25.6 Å². The van der Waals surface area contributed by atoms with Crippen LogP contribution in [0.1, 0.15) is 12.0 Å². The van der Waals surface area contributed by atoms with Crippen LogP contribution in [-0.4, -0.2) is 42.3 Å². The van der Waals surface area contributed by atoms with Gasteiger partial charge in [0.15, 0.2) is 0 Å². The Labute approximate surface area is 177 Å². The largest absolute Gasteiger partial charge is 0.354 e. The lowest BCUT2D eigenvalue weighted by molar-refractivity contribution is -0.387. The molecule has 0 spiro atoms. The Kier molecular flexibility index (Phi) is 6.91. The van der Waals surface area contributed by atoms with E-state index in [1.165, 1.54) is 11.0 Å². The SMILES string of the molecule is O=C(CNC(=O)C1CC(=O)N(c2ccc(F)c([N+](=O)[O-])c2)C1)NCCc1ccccc1. The molecule has 31 heavy (non-hydrogen) atoms. The molecule has 2 N–H and O–H groups in total. The van der Waals surface area contributed by atoms with Gasteiger partial charge in [0.1, 0.15) is 0 Å². The Morgan fingerprint density at radius 3 is 2.61 bits per heavy atom. The number of anilines is 1. The van der Waals surface area contributed by atoms with Crippen LogP contribution in [-0.2, 0) is 20.8 Å². The summed E-state index contributed by atoms with van der Waals surface area (Å²) in [7, 11) is 0. The predicted molar refractivity (Wildman–Crippen MR) is 110 cm³/mol. The minimum Gasteiger partial charge on any atom is -0.354 e. The molecular weight excluding hydrogens is 407 g/mol. The molecule has 0 radical (unpaired) electrons. The van der Waals surface area contributed by atoms with Crippen molar-refractivity contribution >= 4 is 29.1 Å². The Balaban J connectivity index is 1.48. The normalized spacial score (nSPS) is 15.6. The van der Waals surface area contributed by atoms with Gasteiger partial charge in [-0.15, -0.1) is 0 Å². The molecular formula is C21H21FN4O5. The number of carbonyl (C=O) groups is 3. The fraction of sp³-hybridized carbons (Fsp3) is 0.286. The quantitative estimate of drug-likeness (QED) is 0.488. The highest BCUT2D eigenvalue weighted by Gasteiger charge is 2.36. The molecule has 9 nitrogen and oxygen atoms in total. The van der Waals surface area contributed by atoms with Gasteiger partial charge in [0.2, 0.25) is 23.5 Å². The maximum atomic E-state index is 13.5. The molecule has 0 bridgehead atoms. The van der Waals surface area contributed by atoms with Crippen molar-refractivity contribution < 1.29 is 23.7 Å². The molecule has 1 aliphatic heterocycles. The number of nitro benzene ring substituents is 1. The van der Waals surface area contributed by atoms with Crippen LogP contribution in [0.25, 0.3) is 0 Å². The van der Waals surface area contributed by atoms with Crippen LogP contribution in [0.2, 0.25) is 0 Å². The van der Waals surface area contributed by atoms with Crippen molar-refractivity contribution in [3.05, 3.63) is 70.0 Å². The zero-order valence-electron chi connectivity index (χ0n) is 16.5. The molecule has 10 heteroatoms. The van der Waals surface area contributed by atoms with Crippen LogP contribution in [0, 0.1) is 21.8 Å². The first-order valence-corrected chi connectivity index (χ1v) is 9.68. The van der Waals surface area contributed by atoms with Crippen LogP contribution < -0.4 is 15.5 Å². The van der Waals surface area contributed by atoms with E-state index < -0.39 is 34.2 Å². The molecule has 1 aliphatic rings. The molecule has 0 aromatic heterocycles. The molecule has 0 aliphatic carbocycles. The number of nitrogens with zero attached hydrogens (tertiary/aromatic N) is 2. The molecule has 2 aromatic rings. The van der Waals surface area contributed by atoms with Gasteiger partial charge in [0.05, 0.1) is 23.1 Å². The molecule has 1 atom stereocenters. The van der Waals surface area contributed by atoms with E-state index in [9.17, 15) is 28.9 Å². The lowest BCUT2D eigenvalue weighted by Gasteiger charge is -2.16. The molecule has 1 fully saturated rings. The number of rotatable bonds is 8. The Hall–Kier alpha value is -3.82. The number of nitrogens with one attached hydrogen (secondary N) is 2. The average Bonchev–Trinajstić information content (AvgIpc) is 3.14. The fourth-order valence-electron chi connectivity index (χ4n) is 3.31. The Morgan fingerprint density at radius 1 is 1.16 bits per heavy atom. The molecule has 3 rings (SSSR count). The van der Waals surface area contributed by atoms with Gasteiger partial charge < -0.3 is 15.5 Å². The first kappa shape index (κ1) is 21.9. The van der Waals surface area contributed by atoms with E-state index in [-0.39, 0.29) is 31.1 Å². The van der Waals surface area contributed by atoms with E-state index in [4.69, 9.17) is 0 Å². The number of halogens is 1. The molecule has 3 amide bonds. The second-order valence-electron chi connectivity index (χ2n) is 7.10. The van der Waals surface area contributed by atoms with Crippen LogP contribution in [0.3, 0.4) is 0 Å². The summed E-state index contributed by atoms with van der Waals surface area (Å²) in [6, 6.07) is 12.8. The van der Waals surface area contributed by atoms with Gasteiger partial charge >= 0.3 is 5.69 Å². The maximum Gasteiger partial charge on any atom is 0.306 e. The second-order valence-corrected chi connectivity index (χ2v) is 7.10. The number of nitro groups is 1. The number of benzene rings is 2. The van der Waals surface area contributed by atoms with E-state index in [0.29, 0.717) is 13.0 Å². The van der Waals surface area contributed by atoms with Gasteiger partial charge in [-0.25, -0.2) is 0 Å². The van der Waals surface area contributed by atoms with Crippen LogP contribution in [0.15, 0.2) is 48.5 Å². The summed E-state index contributed by atoms with van der Waals surface area (Å²) >= 11 is 0. The highest BCUT2D eigenvalue weighted by atomic mass is 19.1. The Morgan fingerprint density at radius 2 is 1.90 bits per heavy atom. The average molecular weight is 428 g/mol. The minimum atomic E-state index is -1.01. The van der Waals surface area contributed by atoms with Crippen LogP contribution >= 0.6 is 0 Å². The summed E-state index contributed by atoms with van der Waals surface area (Å²) in [6.45, 7) is 0.196. The van der Waals surface area contributed by atoms with Crippen molar-refractivity contribution in [3.63, 3.8) is 0 Å². The van der Waals surface area contributed by atoms with Crippen molar-refractivity contribution in [1.29, 1.82) is 0 Å². The molecule has 0 saturated carbocycles. The highest BCUT2D eigenvalue weighted by Crippen LogP contribution is 2.29. The predicted octanol–water partition coefficient (Wildman–Crippen LogP) is 1.56. The first-order chi connectivity index (χ1) is 14.8. The smallest absolute Gasteiger partial charge is 0.306 e. The van der Waals surface area contributed by atoms with E-state index in [2.05, 4.69) is 10.6 Å². The lowest BCUT2D eigenvalue weighted by atomic mass is 10.1. The van der Waals surface area contributed by atoms with Crippen molar-refractivity contribution in [2.45, 2.75) is 12.8 Å². The van der Waals surface area contributed by atoms with Gasteiger partial charge in [-0.1, -0.05) is 30.3 Å². The fourth-order valence-corrected chi connectivity index (χ4v) is 3.31. The van der Waals surface area contributed by atoms with Crippen LogP contribution in [0.4, 0.5) is 15.8 Å². The zero-order chi connectivity index (χ0) is 22.4. The summed E-state index contributed by atoms with van der Waals surface area (Å²) in [4.78, 5) is 47.8. The van der Waals surface area contributed by atoms with Gasteiger partial charge in [0.25, 0.3) is 0 Å². The topological polar surface area (TPSA) is 122 Å². The number of hydrogen-bond donors (Lipinski definition) is 2. The lowest BCUT2D eigenvalue weighted by Crippen LogP contribution is -2.40.